The predicted molar refractivity (Wildman–Crippen MR) is 143 cm³/mol. The highest BCUT2D eigenvalue weighted by atomic mass is 15.3. The molecule has 0 saturated carbocycles. The zero-order chi connectivity index (χ0) is 23.7. The number of quaternary nitrogens is 1. The third-order valence-corrected chi connectivity index (χ3v) is 7.30. The van der Waals surface area contributed by atoms with Gasteiger partial charge in [0.05, 0.1) is 26.2 Å². The molecule has 0 rings (SSSR count). The van der Waals surface area contributed by atoms with E-state index in [1.807, 2.05) is 0 Å². The Morgan fingerprint density at radius 3 is 1.55 bits per heavy atom. The molecule has 0 aromatic rings. The molecule has 2 atom stereocenters. The molecule has 0 spiro atoms. The molecular weight excluding hydrogens is 376 g/mol. The monoisotopic (exact) mass is 439 g/mol. The average molecular weight is 440 g/mol. The zero-order valence-corrected chi connectivity index (χ0v) is 23.5. The third-order valence-electron chi connectivity index (χ3n) is 7.30. The molecule has 0 saturated heterocycles. The quantitative estimate of drug-likeness (QED) is 0.128. The molecule has 0 aromatic heterocycles. The first kappa shape index (κ1) is 30.9. The van der Waals surface area contributed by atoms with Gasteiger partial charge in [0.15, 0.2) is 0 Å². The Morgan fingerprint density at radius 1 is 0.613 bits per heavy atom. The highest BCUT2D eigenvalue weighted by Gasteiger charge is 2.24. The lowest BCUT2D eigenvalue weighted by Crippen LogP contribution is -2.50. The van der Waals surface area contributed by atoms with Crippen LogP contribution < -0.4 is 0 Å². The van der Waals surface area contributed by atoms with E-state index in [9.17, 15) is 0 Å². The largest absolute Gasteiger partial charge is 0.324 e. The van der Waals surface area contributed by atoms with E-state index in [1.165, 1.54) is 108 Å². The fourth-order valence-electron chi connectivity index (χ4n) is 6.09. The van der Waals surface area contributed by atoms with Crippen molar-refractivity contribution < 1.29 is 4.48 Å². The molecule has 0 aliphatic heterocycles. The van der Waals surface area contributed by atoms with Crippen molar-refractivity contribution in [1.82, 2.24) is 4.90 Å². The zero-order valence-electron chi connectivity index (χ0n) is 23.5. The van der Waals surface area contributed by atoms with Crippen molar-refractivity contribution >= 4 is 0 Å². The lowest BCUT2D eigenvalue weighted by Gasteiger charge is -2.38. The van der Waals surface area contributed by atoms with Crippen molar-refractivity contribution in [3.63, 3.8) is 0 Å². The van der Waals surface area contributed by atoms with E-state index in [1.54, 1.807) is 0 Å². The van der Waals surface area contributed by atoms with E-state index in [2.05, 4.69) is 67.3 Å². The highest BCUT2D eigenvalue weighted by molar-refractivity contribution is 4.75. The van der Waals surface area contributed by atoms with Crippen LogP contribution in [0.4, 0.5) is 0 Å². The van der Waals surface area contributed by atoms with Gasteiger partial charge in [-0.2, -0.15) is 0 Å². The normalized spacial score (nSPS) is 14.7. The predicted octanol–water partition coefficient (Wildman–Crippen LogP) is 8.26. The lowest BCUT2D eigenvalue weighted by molar-refractivity contribution is -0.928. The van der Waals surface area contributed by atoms with E-state index < -0.39 is 0 Å². The Kier molecular flexibility index (Phi) is 18.3. The van der Waals surface area contributed by atoms with Crippen molar-refractivity contribution in [3.05, 3.63) is 0 Å². The Morgan fingerprint density at radius 2 is 1.10 bits per heavy atom. The minimum atomic E-state index is 0.812. The van der Waals surface area contributed by atoms with E-state index in [4.69, 9.17) is 0 Å². The van der Waals surface area contributed by atoms with E-state index in [0.29, 0.717) is 0 Å². The van der Waals surface area contributed by atoms with Crippen LogP contribution in [0.15, 0.2) is 0 Å². The van der Waals surface area contributed by atoms with E-state index in [-0.39, 0.29) is 0 Å². The molecule has 0 bridgehead atoms. The second kappa shape index (κ2) is 18.4. The molecule has 0 aliphatic rings. The van der Waals surface area contributed by atoms with Crippen LogP contribution in [0.3, 0.4) is 0 Å². The molecule has 0 radical (unpaired) electrons. The fourth-order valence-corrected chi connectivity index (χ4v) is 6.09. The van der Waals surface area contributed by atoms with Crippen LogP contribution in [-0.2, 0) is 0 Å². The first-order chi connectivity index (χ1) is 14.7. The van der Waals surface area contributed by atoms with Gasteiger partial charge in [0.2, 0.25) is 0 Å². The van der Waals surface area contributed by atoms with Crippen LogP contribution in [0, 0.1) is 23.7 Å². The Balaban J connectivity index is 4.41. The topological polar surface area (TPSA) is 3.24 Å². The molecule has 0 heterocycles. The molecule has 2 unspecified atom stereocenters. The minimum absolute atomic E-state index is 0.812. The molecule has 0 aliphatic carbocycles. The van der Waals surface area contributed by atoms with Gasteiger partial charge in [-0.05, 0) is 88.6 Å². The molecular formula is C29H63N2+. The number of hydrogen-bond donors (Lipinski definition) is 0. The van der Waals surface area contributed by atoms with Crippen molar-refractivity contribution in [1.29, 1.82) is 0 Å². The van der Waals surface area contributed by atoms with Gasteiger partial charge in [-0.3, -0.25) is 0 Å². The molecule has 2 heteroatoms. The Hall–Kier alpha value is -0.0800. The van der Waals surface area contributed by atoms with Crippen LogP contribution in [0.1, 0.15) is 120 Å². The smallest absolute Gasteiger partial charge is 0.0786 e. The third kappa shape index (κ3) is 14.6. The van der Waals surface area contributed by atoms with Gasteiger partial charge in [-0.15, -0.1) is 0 Å². The summed E-state index contributed by atoms with van der Waals surface area (Å²) in [5.74, 6) is 3.40. The van der Waals surface area contributed by atoms with Crippen molar-refractivity contribution in [2.24, 2.45) is 23.7 Å². The number of hydrogen-bond acceptors (Lipinski definition) is 1. The first-order valence-corrected chi connectivity index (χ1v) is 14.3. The minimum Gasteiger partial charge on any atom is -0.324 e. The molecule has 0 aromatic carbocycles. The van der Waals surface area contributed by atoms with Gasteiger partial charge in [0, 0.05) is 6.54 Å². The summed E-state index contributed by atoms with van der Waals surface area (Å²) in [5.41, 5.74) is 0. The lowest BCUT2D eigenvalue weighted by atomic mass is 9.79. The van der Waals surface area contributed by atoms with Crippen LogP contribution in [0.2, 0.25) is 0 Å². The number of unbranched alkanes of at least 4 members (excludes halogenated alkanes) is 3. The summed E-state index contributed by atoms with van der Waals surface area (Å²) in [5, 5.41) is 0. The SMILES string of the molecule is CCC[N+](CCC)(CCC)CCCCCCN(C)CC(CC(C)C)C(CC)CC(C)C. The second-order valence-electron chi connectivity index (χ2n) is 11.6. The van der Waals surface area contributed by atoms with E-state index in [0.717, 1.165) is 23.7 Å². The maximum atomic E-state index is 2.65. The summed E-state index contributed by atoms with van der Waals surface area (Å²) in [7, 11) is 2.38. The van der Waals surface area contributed by atoms with Crippen molar-refractivity contribution in [2.45, 2.75) is 120 Å². The van der Waals surface area contributed by atoms with Gasteiger partial charge >= 0.3 is 0 Å². The van der Waals surface area contributed by atoms with Crippen molar-refractivity contribution in [3.8, 4) is 0 Å². The summed E-state index contributed by atoms with van der Waals surface area (Å²) in [6.45, 7) is 27.3. The van der Waals surface area contributed by atoms with Crippen LogP contribution in [-0.4, -0.2) is 55.7 Å². The van der Waals surface area contributed by atoms with Crippen molar-refractivity contribution in [2.75, 3.05) is 46.3 Å². The maximum Gasteiger partial charge on any atom is 0.0786 e. The number of nitrogens with zero attached hydrogens (tertiary/aromatic N) is 2. The highest BCUT2D eigenvalue weighted by Crippen LogP contribution is 2.29. The maximum absolute atomic E-state index is 2.65. The standard InChI is InChI=1S/C29H63N2/c1-10-19-31(20-11-2,21-12-3)22-17-15-14-16-18-30(9)25-29(24-27(7)8)28(13-4)23-26(5)6/h26-29H,10-25H2,1-9H3/q+1. The van der Waals surface area contributed by atoms with Crippen LogP contribution >= 0.6 is 0 Å². The molecule has 188 valence electrons. The summed E-state index contributed by atoms with van der Waals surface area (Å²) in [6, 6.07) is 0. The first-order valence-electron chi connectivity index (χ1n) is 14.3. The summed E-state index contributed by atoms with van der Waals surface area (Å²) in [6.07, 6.45) is 13.8. The molecule has 2 nitrogen and oxygen atoms in total. The second-order valence-corrected chi connectivity index (χ2v) is 11.6. The van der Waals surface area contributed by atoms with Crippen LogP contribution in [0.5, 0.6) is 0 Å². The summed E-state index contributed by atoms with van der Waals surface area (Å²) < 4.78 is 1.38. The van der Waals surface area contributed by atoms with Gasteiger partial charge in [0.1, 0.15) is 0 Å². The van der Waals surface area contributed by atoms with Gasteiger partial charge in [-0.25, -0.2) is 0 Å². The van der Waals surface area contributed by atoms with Crippen LogP contribution in [0.25, 0.3) is 0 Å². The van der Waals surface area contributed by atoms with Gasteiger partial charge in [0.25, 0.3) is 0 Å². The average Bonchev–Trinajstić information content (AvgIpc) is 2.68. The molecule has 0 fully saturated rings. The Bertz CT molecular complexity index is 373. The fraction of sp³-hybridized carbons (Fsp3) is 1.00. The number of rotatable bonds is 21. The molecule has 31 heavy (non-hydrogen) atoms. The molecule has 0 N–H and O–H groups in total. The summed E-state index contributed by atoms with van der Waals surface area (Å²) >= 11 is 0. The molecule has 0 amide bonds. The van der Waals surface area contributed by atoms with E-state index >= 15 is 0 Å². The van der Waals surface area contributed by atoms with Gasteiger partial charge < -0.3 is 9.38 Å². The Labute approximate surface area is 199 Å². The van der Waals surface area contributed by atoms with Gasteiger partial charge in [-0.1, -0.05) is 68.2 Å². The summed E-state index contributed by atoms with van der Waals surface area (Å²) in [4.78, 5) is 2.65.